The Balaban J connectivity index is 1.19. The number of aromatic nitrogens is 1. The van der Waals surface area contributed by atoms with Crippen LogP contribution in [0.3, 0.4) is 0 Å². The number of rotatable bonds is 6. The van der Waals surface area contributed by atoms with Gasteiger partial charge in [0.1, 0.15) is 6.04 Å². The molecular weight excluding hydrogens is 412 g/mol. The fourth-order valence-electron chi connectivity index (χ4n) is 3.85. The van der Waals surface area contributed by atoms with E-state index in [2.05, 4.69) is 40.0 Å². The van der Waals surface area contributed by atoms with Gasteiger partial charge in [0.05, 0.1) is 15.9 Å². The summed E-state index contributed by atoms with van der Waals surface area (Å²) in [6.07, 6.45) is 4.80. The molecular formula is C23H22N4OS2. The summed E-state index contributed by atoms with van der Waals surface area (Å²) in [5.41, 5.74) is 4.27. The summed E-state index contributed by atoms with van der Waals surface area (Å²) in [4.78, 5) is 23.6. The number of anilines is 1. The average molecular weight is 435 g/mol. The average Bonchev–Trinajstić information content (AvgIpc) is 3.46. The second kappa shape index (κ2) is 8.24. The molecule has 3 heterocycles. The Morgan fingerprint density at radius 2 is 2.13 bits per heavy atom. The molecule has 7 heteroatoms. The van der Waals surface area contributed by atoms with E-state index in [1.807, 2.05) is 30.3 Å². The first-order valence-corrected chi connectivity index (χ1v) is 11.8. The minimum absolute atomic E-state index is 0.0463. The summed E-state index contributed by atoms with van der Waals surface area (Å²) in [5, 5.41) is 5.47. The molecule has 2 fully saturated rings. The van der Waals surface area contributed by atoms with Gasteiger partial charge >= 0.3 is 0 Å². The van der Waals surface area contributed by atoms with Crippen molar-refractivity contribution in [2.45, 2.75) is 25.3 Å². The number of benzene rings is 2. The van der Waals surface area contributed by atoms with Crippen molar-refractivity contribution in [2.24, 2.45) is 4.99 Å². The van der Waals surface area contributed by atoms with Crippen LogP contribution in [0.2, 0.25) is 0 Å². The lowest BCUT2D eigenvalue weighted by molar-refractivity contribution is -0.113. The van der Waals surface area contributed by atoms with Crippen molar-refractivity contribution < 1.29 is 4.79 Å². The lowest BCUT2D eigenvalue weighted by Crippen LogP contribution is -2.28. The maximum atomic E-state index is 12.1. The molecule has 0 bridgehead atoms. The first kappa shape index (κ1) is 19.3. The molecule has 0 radical (unpaired) electrons. The number of amidine groups is 1. The minimum atomic E-state index is 0.0463. The van der Waals surface area contributed by atoms with E-state index in [1.54, 1.807) is 11.3 Å². The van der Waals surface area contributed by atoms with Crippen LogP contribution in [0.1, 0.15) is 24.0 Å². The van der Waals surface area contributed by atoms with E-state index in [0.29, 0.717) is 0 Å². The Labute approximate surface area is 183 Å². The Morgan fingerprint density at radius 1 is 1.27 bits per heavy atom. The van der Waals surface area contributed by atoms with Gasteiger partial charge < -0.3 is 10.2 Å². The number of aliphatic imine (C=N–C) groups is 1. The number of nitrogens with zero attached hydrogens (tertiary/aromatic N) is 3. The number of hydrogen-bond acceptors (Lipinski definition) is 6. The first-order chi connectivity index (χ1) is 14.7. The number of carbonyl (C=O) groups is 1. The third-order valence-corrected chi connectivity index (χ3v) is 7.42. The molecule has 5 nitrogen and oxygen atoms in total. The van der Waals surface area contributed by atoms with E-state index in [0.717, 1.165) is 59.4 Å². The van der Waals surface area contributed by atoms with Crippen molar-refractivity contribution in [1.82, 2.24) is 9.88 Å². The first-order valence-electron chi connectivity index (χ1n) is 10.1. The summed E-state index contributed by atoms with van der Waals surface area (Å²) >= 11 is 2.96. The molecule has 30 heavy (non-hydrogen) atoms. The van der Waals surface area contributed by atoms with Crippen LogP contribution in [0.25, 0.3) is 16.3 Å². The zero-order valence-corrected chi connectivity index (χ0v) is 18.1. The Morgan fingerprint density at radius 3 is 2.97 bits per heavy atom. The van der Waals surface area contributed by atoms with Crippen LogP contribution in [-0.2, 0) is 11.2 Å². The molecule has 1 atom stereocenters. The lowest BCUT2D eigenvalue weighted by Gasteiger charge is -2.14. The fraction of sp³-hybridized carbons (Fsp3) is 0.261. The summed E-state index contributed by atoms with van der Waals surface area (Å²) in [6.45, 7) is 5.58. The third-order valence-electron chi connectivity index (χ3n) is 5.46. The van der Waals surface area contributed by atoms with Crippen LogP contribution in [0.4, 0.5) is 10.8 Å². The Hall–Kier alpha value is -2.64. The number of thiazole rings is 1. The van der Waals surface area contributed by atoms with Crippen molar-refractivity contribution in [2.75, 3.05) is 18.4 Å². The molecule has 152 valence electrons. The van der Waals surface area contributed by atoms with Gasteiger partial charge in [-0.1, -0.05) is 42.2 Å². The monoisotopic (exact) mass is 434 g/mol. The van der Waals surface area contributed by atoms with Crippen molar-refractivity contribution in [1.29, 1.82) is 0 Å². The molecule has 5 rings (SSSR count). The molecule has 0 saturated carbocycles. The smallest absolute Gasteiger partial charge is 0.219 e. The van der Waals surface area contributed by atoms with Gasteiger partial charge in [0, 0.05) is 13.1 Å². The number of thioether (sulfide) groups is 1. The molecule has 2 aromatic carbocycles. The van der Waals surface area contributed by atoms with E-state index < -0.39 is 0 Å². The second-order valence-corrected chi connectivity index (χ2v) is 9.46. The lowest BCUT2D eigenvalue weighted by atomic mass is 10.1. The standard InChI is InChI=1S/C23H22N4OS2/c1-2-15-7-10-18-20(14-15)29-22(26-18)24-12-11-16-5-8-17(9-6-16)25-23-27-13-3-4-19(27)21(28)30-23/h2,5-10,14,19H,1,3-4,11-13H2,(H,24,26)/t19-/m0/s1. The highest BCUT2D eigenvalue weighted by atomic mass is 32.2. The van der Waals surface area contributed by atoms with E-state index in [-0.39, 0.29) is 11.2 Å². The molecule has 0 unspecified atom stereocenters. The van der Waals surface area contributed by atoms with Crippen LogP contribution < -0.4 is 5.32 Å². The predicted molar refractivity (Wildman–Crippen MR) is 128 cm³/mol. The Bertz CT molecular complexity index is 1140. The topological polar surface area (TPSA) is 57.6 Å². The van der Waals surface area contributed by atoms with Crippen molar-refractivity contribution in [3.8, 4) is 0 Å². The van der Waals surface area contributed by atoms with Gasteiger partial charge in [0.25, 0.3) is 0 Å². The number of nitrogens with one attached hydrogen (secondary N) is 1. The van der Waals surface area contributed by atoms with Crippen LogP contribution in [0, 0.1) is 0 Å². The van der Waals surface area contributed by atoms with E-state index >= 15 is 0 Å². The Kier molecular flexibility index (Phi) is 5.31. The van der Waals surface area contributed by atoms with Gasteiger partial charge in [-0.15, -0.1) is 0 Å². The van der Waals surface area contributed by atoms with Gasteiger partial charge in [-0.2, -0.15) is 0 Å². The molecule has 0 aliphatic carbocycles. The van der Waals surface area contributed by atoms with Gasteiger partial charge in [-0.05, 0) is 66.4 Å². The maximum absolute atomic E-state index is 12.1. The van der Waals surface area contributed by atoms with E-state index in [9.17, 15) is 4.79 Å². The second-order valence-electron chi connectivity index (χ2n) is 7.46. The van der Waals surface area contributed by atoms with Crippen molar-refractivity contribution in [3.05, 3.63) is 60.2 Å². The fourth-order valence-corrected chi connectivity index (χ4v) is 5.84. The largest absolute Gasteiger partial charge is 0.361 e. The molecule has 1 aromatic heterocycles. The minimum Gasteiger partial charge on any atom is -0.361 e. The van der Waals surface area contributed by atoms with Gasteiger partial charge in [-0.3, -0.25) is 4.79 Å². The summed E-state index contributed by atoms with van der Waals surface area (Å²) in [5.74, 6) is 0. The maximum Gasteiger partial charge on any atom is 0.219 e. The quantitative estimate of drug-likeness (QED) is 0.569. The van der Waals surface area contributed by atoms with Gasteiger partial charge in [-0.25, -0.2) is 9.98 Å². The van der Waals surface area contributed by atoms with E-state index in [4.69, 9.17) is 4.99 Å². The normalized spacial score (nSPS) is 19.6. The molecule has 1 N–H and O–H groups in total. The van der Waals surface area contributed by atoms with E-state index in [1.165, 1.54) is 22.0 Å². The number of hydrogen-bond donors (Lipinski definition) is 1. The van der Waals surface area contributed by atoms with Gasteiger partial charge in [0.15, 0.2) is 10.3 Å². The zero-order valence-electron chi connectivity index (χ0n) is 16.5. The highest BCUT2D eigenvalue weighted by molar-refractivity contribution is 8.26. The summed E-state index contributed by atoms with van der Waals surface area (Å²) < 4.78 is 1.17. The van der Waals surface area contributed by atoms with Crippen LogP contribution in [0.5, 0.6) is 0 Å². The highest BCUT2D eigenvalue weighted by Gasteiger charge is 2.40. The third kappa shape index (κ3) is 3.87. The number of fused-ring (bicyclic) bond motifs is 2. The van der Waals surface area contributed by atoms with Crippen LogP contribution in [-0.4, -0.2) is 39.3 Å². The van der Waals surface area contributed by atoms with Crippen molar-refractivity contribution in [3.63, 3.8) is 0 Å². The summed E-state index contributed by atoms with van der Waals surface area (Å²) in [6, 6.07) is 14.5. The zero-order chi connectivity index (χ0) is 20.5. The highest BCUT2D eigenvalue weighted by Crippen LogP contribution is 2.34. The van der Waals surface area contributed by atoms with Crippen LogP contribution >= 0.6 is 23.1 Å². The predicted octanol–water partition coefficient (Wildman–Crippen LogP) is 5.32. The SMILES string of the molecule is C=Cc1ccc2nc(NCCc3ccc(N=C4SC(=O)[C@@H]5CCCN45)cc3)sc2c1. The number of carbonyl (C=O) groups excluding carboxylic acids is 1. The van der Waals surface area contributed by atoms with Crippen LogP contribution in [0.15, 0.2) is 54.0 Å². The molecule has 2 aliphatic heterocycles. The molecule has 3 aromatic rings. The summed E-state index contributed by atoms with van der Waals surface area (Å²) in [7, 11) is 0. The van der Waals surface area contributed by atoms with Gasteiger partial charge in [0.2, 0.25) is 5.12 Å². The molecule has 2 saturated heterocycles. The molecule has 0 amide bonds. The molecule has 0 spiro atoms. The molecule has 2 aliphatic rings. The van der Waals surface area contributed by atoms with Crippen molar-refractivity contribution >= 4 is 60.5 Å².